The molecule has 6 nitrogen and oxygen atoms in total. The summed E-state index contributed by atoms with van der Waals surface area (Å²) in [5.41, 5.74) is 2.77. The van der Waals surface area contributed by atoms with E-state index in [2.05, 4.69) is 16.7 Å². The molecule has 6 heteroatoms. The highest BCUT2D eigenvalue weighted by atomic mass is 16.3. The minimum Gasteiger partial charge on any atom is -0.459 e. The number of benzene rings is 1. The number of nitrogens with one attached hydrogen (secondary N) is 2. The van der Waals surface area contributed by atoms with Crippen LogP contribution in [0.5, 0.6) is 0 Å². The summed E-state index contributed by atoms with van der Waals surface area (Å²) in [6.07, 6.45) is 5.06. The third-order valence-corrected chi connectivity index (χ3v) is 5.42. The van der Waals surface area contributed by atoms with Crippen molar-refractivity contribution in [3.63, 3.8) is 0 Å². The third kappa shape index (κ3) is 3.04. The van der Waals surface area contributed by atoms with Crippen LogP contribution in [-0.4, -0.2) is 36.5 Å². The average Bonchev–Trinajstić information content (AvgIpc) is 3.28. The molecule has 2 N–H and O–H groups in total. The first-order chi connectivity index (χ1) is 12.7. The number of hydrogen-bond donors (Lipinski definition) is 2. The first-order valence-corrected chi connectivity index (χ1v) is 9.54. The van der Waals surface area contributed by atoms with E-state index in [4.69, 9.17) is 4.42 Å². The number of carbonyl (C=O) groups excluding carboxylic acids is 2. The van der Waals surface area contributed by atoms with Crippen LogP contribution in [0.15, 0.2) is 22.6 Å². The highest BCUT2D eigenvalue weighted by Gasteiger charge is 2.31. The molecule has 1 atom stereocenters. The summed E-state index contributed by atoms with van der Waals surface area (Å²) in [5, 5.41) is 6.94. The molecular formula is C20H25N3O3. The number of fused-ring (bicyclic) bond motifs is 3. The second kappa shape index (κ2) is 7.02. The fourth-order valence-electron chi connectivity index (χ4n) is 4.05. The number of urea groups is 1. The van der Waals surface area contributed by atoms with Gasteiger partial charge in [-0.3, -0.25) is 4.79 Å². The van der Waals surface area contributed by atoms with Gasteiger partial charge in [-0.15, -0.1) is 0 Å². The monoisotopic (exact) mass is 355 g/mol. The smallest absolute Gasteiger partial charge is 0.321 e. The molecule has 1 aromatic heterocycles. The molecule has 0 radical (unpaired) electrons. The van der Waals surface area contributed by atoms with E-state index in [-0.39, 0.29) is 17.9 Å². The zero-order chi connectivity index (χ0) is 18.1. The van der Waals surface area contributed by atoms with Crippen LogP contribution in [-0.2, 0) is 17.6 Å². The van der Waals surface area contributed by atoms with Crippen LogP contribution < -0.4 is 10.6 Å². The molecule has 3 amide bonds. The molecule has 26 heavy (non-hydrogen) atoms. The van der Waals surface area contributed by atoms with Crippen LogP contribution in [0, 0.1) is 5.92 Å². The number of carbonyl (C=O) groups is 2. The molecule has 0 saturated carbocycles. The van der Waals surface area contributed by atoms with Gasteiger partial charge in [0.2, 0.25) is 5.91 Å². The molecule has 4 rings (SSSR count). The summed E-state index contributed by atoms with van der Waals surface area (Å²) in [4.78, 5) is 26.4. The summed E-state index contributed by atoms with van der Waals surface area (Å²) >= 11 is 0. The van der Waals surface area contributed by atoms with Gasteiger partial charge in [-0.1, -0.05) is 12.1 Å². The standard InChI is InChI=1S/C20H25N3O3/c1-2-21-19(24)13-10-11-23(12-13)20(25)22-16-8-5-7-15-14-6-3-4-9-17(14)26-18(15)16/h5,7-8,13H,2-4,6,9-12H2,1H3,(H,21,24)(H,22,25)/t13-/m1/s1. The molecule has 2 aromatic rings. The Morgan fingerprint density at radius 2 is 2.12 bits per heavy atom. The second-order valence-corrected chi connectivity index (χ2v) is 7.15. The molecule has 1 aromatic carbocycles. The summed E-state index contributed by atoms with van der Waals surface area (Å²) in [5.74, 6) is 0.974. The molecule has 2 aliphatic rings. The van der Waals surface area contributed by atoms with E-state index < -0.39 is 0 Å². The van der Waals surface area contributed by atoms with E-state index in [0.29, 0.717) is 31.7 Å². The first-order valence-electron chi connectivity index (χ1n) is 9.54. The fourth-order valence-corrected chi connectivity index (χ4v) is 4.05. The second-order valence-electron chi connectivity index (χ2n) is 7.15. The zero-order valence-electron chi connectivity index (χ0n) is 15.1. The van der Waals surface area contributed by atoms with E-state index in [1.165, 1.54) is 12.0 Å². The molecule has 1 aliphatic heterocycles. The lowest BCUT2D eigenvalue weighted by molar-refractivity contribution is -0.124. The normalized spacial score (nSPS) is 19.4. The fraction of sp³-hybridized carbons (Fsp3) is 0.500. The van der Waals surface area contributed by atoms with Crippen molar-refractivity contribution in [2.45, 2.75) is 39.0 Å². The Balaban J connectivity index is 1.50. The Hall–Kier alpha value is -2.50. The predicted octanol–water partition coefficient (Wildman–Crippen LogP) is 3.30. The lowest BCUT2D eigenvalue weighted by Crippen LogP contribution is -2.36. The largest absolute Gasteiger partial charge is 0.459 e. The number of anilines is 1. The number of para-hydroxylation sites is 1. The lowest BCUT2D eigenvalue weighted by atomic mass is 9.96. The van der Waals surface area contributed by atoms with Crippen molar-refractivity contribution in [1.29, 1.82) is 0 Å². The van der Waals surface area contributed by atoms with Crippen LogP contribution in [0.2, 0.25) is 0 Å². The predicted molar refractivity (Wildman–Crippen MR) is 100 cm³/mol. The quantitative estimate of drug-likeness (QED) is 0.887. The molecule has 1 fully saturated rings. The molecule has 0 bridgehead atoms. The number of amides is 3. The topological polar surface area (TPSA) is 74.6 Å². The Morgan fingerprint density at radius 1 is 1.27 bits per heavy atom. The summed E-state index contributed by atoms with van der Waals surface area (Å²) in [6, 6.07) is 5.74. The van der Waals surface area contributed by atoms with Crippen LogP contribution in [0.1, 0.15) is 37.5 Å². The highest BCUT2D eigenvalue weighted by Crippen LogP contribution is 2.35. The number of nitrogens with zero attached hydrogens (tertiary/aromatic N) is 1. The maximum Gasteiger partial charge on any atom is 0.321 e. The molecule has 138 valence electrons. The van der Waals surface area contributed by atoms with Crippen molar-refractivity contribution < 1.29 is 14.0 Å². The van der Waals surface area contributed by atoms with Gasteiger partial charge in [-0.2, -0.15) is 0 Å². The first kappa shape index (κ1) is 16.9. The SMILES string of the molecule is CCNC(=O)[C@@H]1CCN(C(=O)Nc2cccc3c4c(oc23)CCCC4)C1. The van der Waals surface area contributed by atoms with Gasteiger partial charge in [0.05, 0.1) is 11.6 Å². The molecular weight excluding hydrogens is 330 g/mol. The highest BCUT2D eigenvalue weighted by molar-refractivity contribution is 6.00. The number of furan rings is 1. The van der Waals surface area contributed by atoms with Crippen molar-refractivity contribution >= 4 is 28.6 Å². The van der Waals surface area contributed by atoms with Crippen LogP contribution in [0.4, 0.5) is 10.5 Å². The average molecular weight is 355 g/mol. The van der Waals surface area contributed by atoms with Gasteiger partial charge < -0.3 is 20.0 Å². The number of rotatable bonds is 3. The van der Waals surface area contributed by atoms with Crippen molar-refractivity contribution in [3.8, 4) is 0 Å². The summed E-state index contributed by atoms with van der Waals surface area (Å²) in [6.45, 7) is 3.58. The summed E-state index contributed by atoms with van der Waals surface area (Å²) < 4.78 is 6.08. The van der Waals surface area contributed by atoms with Crippen LogP contribution >= 0.6 is 0 Å². The van der Waals surface area contributed by atoms with E-state index in [0.717, 1.165) is 36.0 Å². The molecule has 2 heterocycles. The van der Waals surface area contributed by atoms with Crippen molar-refractivity contribution in [2.24, 2.45) is 5.92 Å². The Morgan fingerprint density at radius 3 is 2.96 bits per heavy atom. The van der Waals surface area contributed by atoms with Gasteiger partial charge >= 0.3 is 6.03 Å². The van der Waals surface area contributed by atoms with Crippen molar-refractivity contribution in [3.05, 3.63) is 29.5 Å². The lowest BCUT2D eigenvalue weighted by Gasteiger charge is -2.17. The maximum atomic E-state index is 12.7. The maximum absolute atomic E-state index is 12.7. The van der Waals surface area contributed by atoms with Crippen LogP contribution in [0.25, 0.3) is 11.0 Å². The third-order valence-electron chi connectivity index (χ3n) is 5.42. The van der Waals surface area contributed by atoms with Gasteiger partial charge in [0.15, 0.2) is 5.58 Å². The van der Waals surface area contributed by atoms with Gasteiger partial charge in [-0.05, 0) is 38.7 Å². The summed E-state index contributed by atoms with van der Waals surface area (Å²) in [7, 11) is 0. The molecule has 0 spiro atoms. The zero-order valence-corrected chi connectivity index (χ0v) is 15.1. The molecule has 1 aliphatic carbocycles. The van der Waals surface area contributed by atoms with Gasteiger partial charge in [-0.25, -0.2) is 4.79 Å². The number of hydrogen-bond acceptors (Lipinski definition) is 3. The Bertz CT molecular complexity index is 842. The van der Waals surface area contributed by atoms with Gasteiger partial charge in [0, 0.05) is 37.0 Å². The van der Waals surface area contributed by atoms with Crippen molar-refractivity contribution in [2.75, 3.05) is 25.0 Å². The number of likely N-dealkylation sites (tertiary alicyclic amines) is 1. The molecule has 0 unspecified atom stereocenters. The number of aryl methyl sites for hydroxylation is 2. The van der Waals surface area contributed by atoms with Gasteiger partial charge in [0.1, 0.15) is 5.76 Å². The van der Waals surface area contributed by atoms with Gasteiger partial charge in [0.25, 0.3) is 0 Å². The Labute approximate surface area is 152 Å². The Kier molecular flexibility index (Phi) is 4.57. The van der Waals surface area contributed by atoms with E-state index in [1.807, 2.05) is 19.1 Å². The van der Waals surface area contributed by atoms with E-state index in [9.17, 15) is 9.59 Å². The minimum absolute atomic E-state index is 0.0311. The van der Waals surface area contributed by atoms with Crippen molar-refractivity contribution in [1.82, 2.24) is 10.2 Å². The van der Waals surface area contributed by atoms with Crippen LogP contribution in [0.3, 0.4) is 0 Å². The van der Waals surface area contributed by atoms with E-state index >= 15 is 0 Å². The molecule has 1 saturated heterocycles. The van der Waals surface area contributed by atoms with E-state index in [1.54, 1.807) is 4.90 Å². The minimum atomic E-state index is -0.168.